The minimum Gasteiger partial charge on any atom is -0.331 e. The first-order valence-corrected chi connectivity index (χ1v) is 12.1. The van der Waals surface area contributed by atoms with Crippen LogP contribution < -0.4 is 21.0 Å². The van der Waals surface area contributed by atoms with Crippen LogP contribution in [0.4, 0.5) is 5.69 Å². The van der Waals surface area contributed by atoms with Crippen molar-refractivity contribution in [3.05, 3.63) is 83.0 Å². The van der Waals surface area contributed by atoms with Gasteiger partial charge in [-0.3, -0.25) is 20.4 Å². The number of sulfonamides is 1. The molecule has 9 heteroatoms. The highest BCUT2D eigenvalue weighted by Gasteiger charge is 2.27. The van der Waals surface area contributed by atoms with Crippen LogP contribution in [-0.2, 0) is 21.4 Å². The van der Waals surface area contributed by atoms with Gasteiger partial charge in [0.2, 0.25) is 10.0 Å². The van der Waals surface area contributed by atoms with Crippen molar-refractivity contribution in [3.8, 4) is 0 Å². The van der Waals surface area contributed by atoms with Crippen molar-refractivity contribution >= 4 is 43.4 Å². The Balaban J connectivity index is 1.33. The fraction of sp³-hybridized carbons (Fsp3) is 0.167. The van der Waals surface area contributed by atoms with Crippen molar-refractivity contribution < 1.29 is 13.2 Å². The zero-order valence-corrected chi connectivity index (χ0v) is 18.4. The summed E-state index contributed by atoms with van der Waals surface area (Å²) in [6.07, 6.45) is 1.73. The Morgan fingerprint density at radius 3 is 2.03 bits per heavy atom. The number of aromatic nitrogens is 1. The Morgan fingerprint density at radius 1 is 0.879 bits per heavy atom. The van der Waals surface area contributed by atoms with Crippen LogP contribution in [0.2, 0.25) is 0 Å². The molecule has 3 N–H and O–H groups in total. The Morgan fingerprint density at radius 2 is 1.45 bits per heavy atom. The lowest BCUT2D eigenvalue weighted by Gasteiger charge is -2.15. The topological polar surface area (TPSA) is 109 Å². The zero-order chi connectivity index (χ0) is 23.0. The van der Waals surface area contributed by atoms with Crippen LogP contribution in [-0.4, -0.2) is 24.9 Å². The van der Waals surface area contributed by atoms with Crippen molar-refractivity contribution in [3.63, 3.8) is 0 Å². The number of rotatable bonds is 7. The van der Waals surface area contributed by atoms with Gasteiger partial charge in [0.15, 0.2) is 5.43 Å². The number of nitrogens with zero attached hydrogens (tertiary/aromatic N) is 1. The van der Waals surface area contributed by atoms with Gasteiger partial charge in [0, 0.05) is 16.8 Å². The van der Waals surface area contributed by atoms with Gasteiger partial charge in [-0.2, -0.15) is 0 Å². The fourth-order valence-corrected chi connectivity index (χ4v) is 5.08. The lowest BCUT2D eigenvalue weighted by atomic mass is 10.1. The Hall–Kier alpha value is -3.69. The summed E-state index contributed by atoms with van der Waals surface area (Å²) in [4.78, 5) is 25.7. The molecule has 0 saturated heterocycles. The summed E-state index contributed by atoms with van der Waals surface area (Å²) in [5.74, 6) is -0.318. The number of anilines is 1. The Bertz CT molecular complexity index is 1460. The monoisotopic (exact) mass is 462 g/mol. The molecule has 4 aromatic rings. The number of hydrazine groups is 1. The molecule has 5 rings (SSSR count). The SMILES string of the molecule is O=C(Cn1c2ccccc2c(=O)c2ccccc21)NNc1ccc(S(=O)(=O)NC2CC2)cc1. The average Bonchev–Trinajstić information content (AvgIpc) is 3.64. The highest BCUT2D eigenvalue weighted by molar-refractivity contribution is 7.89. The number of pyridine rings is 1. The maximum Gasteiger partial charge on any atom is 0.258 e. The molecular formula is C24H22N4O4S. The molecule has 0 unspecified atom stereocenters. The van der Waals surface area contributed by atoms with Crippen LogP contribution in [0.3, 0.4) is 0 Å². The number of hydrogen-bond acceptors (Lipinski definition) is 5. The number of fused-ring (bicyclic) bond motifs is 2. The van der Waals surface area contributed by atoms with Gasteiger partial charge in [0.05, 0.1) is 21.6 Å². The van der Waals surface area contributed by atoms with Gasteiger partial charge in [-0.15, -0.1) is 0 Å². The molecule has 0 atom stereocenters. The number of carbonyl (C=O) groups excluding carboxylic acids is 1. The highest BCUT2D eigenvalue weighted by Crippen LogP contribution is 2.23. The third-order valence-corrected chi connectivity index (χ3v) is 7.13. The minimum atomic E-state index is -3.52. The third kappa shape index (κ3) is 4.33. The van der Waals surface area contributed by atoms with Crippen LogP contribution in [0.1, 0.15) is 12.8 Å². The number of benzene rings is 3. The van der Waals surface area contributed by atoms with E-state index in [1.807, 2.05) is 28.8 Å². The number of hydrogen-bond donors (Lipinski definition) is 3. The van der Waals surface area contributed by atoms with Crippen LogP contribution in [0.15, 0.2) is 82.5 Å². The zero-order valence-electron chi connectivity index (χ0n) is 17.6. The highest BCUT2D eigenvalue weighted by atomic mass is 32.2. The van der Waals surface area contributed by atoms with E-state index in [1.165, 1.54) is 12.1 Å². The van der Waals surface area contributed by atoms with Gasteiger partial charge < -0.3 is 4.57 Å². The summed E-state index contributed by atoms with van der Waals surface area (Å²) in [7, 11) is -3.52. The van der Waals surface area contributed by atoms with E-state index in [2.05, 4.69) is 15.6 Å². The first-order valence-electron chi connectivity index (χ1n) is 10.6. The molecule has 1 aliphatic rings. The summed E-state index contributed by atoms with van der Waals surface area (Å²) in [6, 6.07) is 20.6. The second-order valence-corrected chi connectivity index (χ2v) is 9.76. The van der Waals surface area contributed by atoms with Gasteiger partial charge in [0.25, 0.3) is 5.91 Å². The Labute approximate surface area is 190 Å². The van der Waals surface area contributed by atoms with Gasteiger partial charge in [-0.25, -0.2) is 13.1 Å². The van der Waals surface area contributed by atoms with Crippen molar-refractivity contribution in [2.24, 2.45) is 0 Å². The average molecular weight is 463 g/mol. The predicted molar refractivity (Wildman–Crippen MR) is 127 cm³/mol. The van der Waals surface area contributed by atoms with Crippen molar-refractivity contribution in [1.82, 2.24) is 14.7 Å². The van der Waals surface area contributed by atoms with E-state index in [1.54, 1.807) is 36.4 Å². The first kappa shape index (κ1) is 21.2. The second kappa shape index (κ2) is 8.34. The summed E-state index contributed by atoms with van der Waals surface area (Å²) in [6.45, 7) is -0.00786. The minimum absolute atomic E-state index is 0.00786. The largest absolute Gasteiger partial charge is 0.331 e. The van der Waals surface area contributed by atoms with E-state index in [0.717, 1.165) is 12.8 Å². The number of nitrogens with one attached hydrogen (secondary N) is 3. The van der Waals surface area contributed by atoms with E-state index in [0.29, 0.717) is 27.5 Å². The quantitative estimate of drug-likeness (QED) is 0.289. The van der Waals surface area contributed by atoms with Gasteiger partial charge in [-0.05, 0) is 61.4 Å². The fourth-order valence-electron chi connectivity index (χ4n) is 3.78. The lowest BCUT2D eigenvalue weighted by molar-refractivity contribution is -0.121. The summed E-state index contributed by atoms with van der Waals surface area (Å²) < 4.78 is 29.0. The number of para-hydroxylation sites is 2. The van der Waals surface area contributed by atoms with Gasteiger partial charge >= 0.3 is 0 Å². The molecule has 0 spiro atoms. The molecule has 8 nitrogen and oxygen atoms in total. The van der Waals surface area contributed by atoms with E-state index < -0.39 is 10.0 Å². The molecule has 0 bridgehead atoms. The predicted octanol–water partition coefficient (Wildman–Crippen LogP) is 2.74. The van der Waals surface area contributed by atoms with Crippen LogP contribution in [0.25, 0.3) is 21.8 Å². The summed E-state index contributed by atoms with van der Waals surface area (Å²) in [5.41, 5.74) is 7.28. The Kier molecular flexibility index (Phi) is 5.35. The second-order valence-electron chi connectivity index (χ2n) is 8.04. The molecule has 1 heterocycles. The van der Waals surface area contributed by atoms with Gasteiger partial charge in [-0.1, -0.05) is 24.3 Å². The van der Waals surface area contributed by atoms with Crippen LogP contribution in [0.5, 0.6) is 0 Å². The van der Waals surface area contributed by atoms with E-state index in [9.17, 15) is 18.0 Å². The van der Waals surface area contributed by atoms with E-state index >= 15 is 0 Å². The van der Waals surface area contributed by atoms with Crippen molar-refractivity contribution in [2.45, 2.75) is 30.3 Å². The van der Waals surface area contributed by atoms with Crippen LogP contribution >= 0.6 is 0 Å². The first-order chi connectivity index (χ1) is 15.9. The van der Waals surface area contributed by atoms with Crippen molar-refractivity contribution in [1.29, 1.82) is 0 Å². The molecule has 1 fully saturated rings. The number of amides is 1. The normalized spacial score (nSPS) is 13.8. The maximum atomic E-state index is 12.8. The molecule has 33 heavy (non-hydrogen) atoms. The molecule has 168 valence electrons. The molecule has 0 radical (unpaired) electrons. The third-order valence-electron chi connectivity index (χ3n) is 5.59. The van der Waals surface area contributed by atoms with Gasteiger partial charge in [0.1, 0.15) is 6.54 Å². The van der Waals surface area contributed by atoms with Crippen LogP contribution in [0, 0.1) is 0 Å². The summed E-state index contributed by atoms with van der Waals surface area (Å²) >= 11 is 0. The van der Waals surface area contributed by atoms with E-state index in [-0.39, 0.29) is 28.8 Å². The smallest absolute Gasteiger partial charge is 0.258 e. The molecule has 3 aromatic carbocycles. The number of carbonyl (C=O) groups is 1. The standard InChI is InChI=1S/C24H22N4O4S/c29-23(26-25-16-11-13-18(14-12-16)33(31,32)27-17-9-10-17)15-28-21-7-3-1-5-19(21)24(30)20-6-2-4-8-22(20)28/h1-8,11-14,17,25,27H,9-10,15H2,(H,26,29). The van der Waals surface area contributed by atoms with Crippen molar-refractivity contribution in [2.75, 3.05) is 5.43 Å². The molecule has 1 aromatic heterocycles. The molecule has 1 amide bonds. The lowest BCUT2D eigenvalue weighted by Crippen LogP contribution is -2.33. The maximum absolute atomic E-state index is 12.8. The molecular weight excluding hydrogens is 440 g/mol. The summed E-state index contributed by atoms with van der Waals surface area (Å²) in [5, 5.41) is 1.10. The molecule has 1 aliphatic carbocycles. The van der Waals surface area contributed by atoms with E-state index in [4.69, 9.17) is 0 Å². The molecule has 0 aliphatic heterocycles. The molecule has 1 saturated carbocycles.